The Morgan fingerprint density at radius 2 is 1.66 bits per heavy atom. The first-order chi connectivity index (χ1) is 14.0. The largest absolute Gasteiger partial charge is 0.449 e. The molecule has 0 aromatic heterocycles. The van der Waals surface area contributed by atoms with Crippen LogP contribution in [0.2, 0.25) is 0 Å². The third kappa shape index (κ3) is 5.23. The van der Waals surface area contributed by atoms with E-state index in [1.807, 2.05) is 42.5 Å². The fraction of sp³-hybridized carbons (Fsp3) is 0.174. The number of benzene rings is 3. The highest BCUT2D eigenvalue weighted by Crippen LogP contribution is 2.25. The summed E-state index contributed by atoms with van der Waals surface area (Å²) in [6.07, 6.45) is -0.979. The number of Topliss-reactive ketones (excluding diaryl/α,β-unsaturated/α-hetero) is 1. The molecule has 29 heavy (non-hydrogen) atoms. The van der Waals surface area contributed by atoms with Crippen LogP contribution in [0.25, 0.3) is 10.8 Å². The van der Waals surface area contributed by atoms with E-state index in [0.29, 0.717) is 16.1 Å². The average molecular weight is 407 g/mol. The maximum Gasteiger partial charge on any atom is 0.340 e. The number of hydrogen-bond acceptors (Lipinski definition) is 5. The van der Waals surface area contributed by atoms with Crippen LogP contribution in [-0.4, -0.2) is 29.5 Å². The van der Waals surface area contributed by atoms with Crippen molar-refractivity contribution in [3.05, 3.63) is 72.3 Å². The number of fused-ring (bicyclic) bond motifs is 1. The highest BCUT2D eigenvalue weighted by molar-refractivity contribution is 8.00. The molecule has 0 fully saturated rings. The van der Waals surface area contributed by atoms with Crippen LogP contribution in [-0.2, 0) is 14.3 Å². The highest BCUT2D eigenvalue weighted by atomic mass is 32.2. The molecule has 0 aliphatic rings. The molecule has 3 aromatic rings. The minimum atomic E-state index is -0.979. The fourth-order valence-corrected chi connectivity index (χ4v) is 3.63. The SMILES string of the molecule is CC(=O)CSc1ccccc1C(=O)O[C@@H](C)C(=O)Nc1cccc2ccccc12. The van der Waals surface area contributed by atoms with Gasteiger partial charge in [-0.15, -0.1) is 11.8 Å². The van der Waals surface area contributed by atoms with Gasteiger partial charge in [0.05, 0.1) is 11.3 Å². The third-order valence-electron chi connectivity index (χ3n) is 4.24. The summed E-state index contributed by atoms with van der Waals surface area (Å²) in [6.45, 7) is 3.03. The number of rotatable bonds is 7. The summed E-state index contributed by atoms with van der Waals surface area (Å²) < 4.78 is 5.38. The van der Waals surface area contributed by atoms with Gasteiger partial charge in [0.25, 0.3) is 5.91 Å². The molecule has 0 spiro atoms. The molecule has 148 valence electrons. The van der Waals surface area contributed by atoms with E-state index in [2.05, 4.69) is 5.32 Å². The molecule has 0 radical (unpaired) electrons. The summed E-state index contributed by atoms with van der Waals surface area (Å²) in [5.74, 6) is -0.733. The van der Waals surface area contributed by atoms with E-state index in [1.54, 1.807) is 24.3 Å². The molecule has 1 N–H and O–H groups in total. The lowest BCUT2D eigenvalue weighted by molar-refractivity contribution is -0.123. The maximum absolute atomic E-state index is 12.6. The van der Waals surface area contributed by atoms with Crippen LogP contribution < -0.4 is 5.32 Å². The van der Waals surface area contributed by atoms with Crippen molar-refractivity contribution in [2.45, 2.75) is 24.8 Å². The summed E-state index contributed by atoms with van der Waals surface area (Å²) in [4.78, 5) is 37.1. The predicted molar refractivity (Wildman–Crippen MR) is 115 cm³/mol. The summed E-state index contributed by atoms with van der Waals surface area (Å²) in [6, 6.07) is 20.2. The van der Waals surface area contributed by atoms with Gasteiger partial charge in [-0.2, -0.15) is 0 Å². The van der Waals surface area contributed by atoms with Gasteiger partial charge in [0, 0.05) is 16.0 Å². The average Bonchev–Trinajstić information content (AvgIpc) is 2.72. The molecule has 0 heterocycles. The molecule has 3 aromatic carbocycles. The molecular weight excluding hydrogens is 386 g/mol. The zero-order chi connectivity index (χ0) is 20.8. The molecule has 5 nitrogen and oxygen atoms in total. The van der Waals surface area contributed by atoms with Gasteiger partial charge < -0.3 is 10.1 Å². The van der Waals surface area contributed by atoms with Crippen LogP contribution in [0.15, 0.2) is 71.6 Å². The van der Waals surface area contributed by atoms with Crippen molar-refractivity contribution < 1.29 is 19.1 Å². The van der Waals surface area contributed by atoms with Gasteiger partial charge in [0.1, 0.15) is 5.78 Å². The van der Waals surface area contributed by atoms with Gasteiger partial charge in [-0.05, 0) is 37.4 Å². The number of nitrogens with one attached hydrogen (secondary N) is 1. The van der Waals surface area contributed by atoms with E-state index < -0.39 is 18.0 Å². The lowest BCUT2D eigenvalue weighted by atomic mass is 10.1. The molecule has 6 heteroatoms. The molecule has 3 rings (SSSR count). The highest BCUT2D eigenvalue weighted by Gasteiger charge is 2.21. The quantitative estimate of drug-likeness (QED) is 0.454. The number of carbonyl (C=O) groups is 3. The van der Waals surface area contributed by atoms with Gasteiger partial charge in [-0.1, -0.05) is 48.5 Å². The Labute approximate surface area is 173 Å². The molecule has 1 amide bonds. The number of ether oxygens (including phenoxy) is 1. The van der Waals surface area contributed by atoms with E-state index in [1.165, 1.54) is 25.6 Å². The number of thioether (sulfide) groups is 1. The number of esters is 1. The summed E-state index contributed by atoms with van der Waals surface area (Å²) in [7, 11) is 0. The Balaban J connectivity index is 1.70. The number of anilines is 1. The van der Waals surface area contributed by atoms with Crippen molar-refractivity contribution in [3.8, 4) is 0 Å². The molecule has 0 aliphatic heterocycles. The molecule has 0 saturated carbocycles. The number of hydrogen-bond donors (Lipinski definition) is 1. The molecule has 0 aliphatic carbocycles. The van der Waals surface area contributed by atoms with Crippen molar-refractivity contribution in [1.82, 2.24) is 0 Å². The Kier molecular flexibility index (Phi) is 6.67. The van der Waals surface area contributed by atoms with Crippen LogP contribution in [0.4, 0.5) is 5.69 Å². The van der Waals surface area contributed by atoms with E-state index in [4.69, 9.17) is 4.74 Å². The monoisotopic (exact) mass is 407 g/mol. The van der Waals surface area contributed by atoms with E-state index in [0.717, 1.165) is 10.8 Å². The Morgan fingerprint density at radius 3 is 2.45 bits per heavy atom. The number of amides is 1. The molecular formula is C23H21NO4S. The number of carbonyl (C=O) groups excluding carboxylic acids is 3. The minimum absolute atomic E-state index is 0.0148. The van der Waals surface area contributed by atoms with Crippen LogP contribution in [0, 0.1) is 0 Å². The van der Waals surface area contributed by atoms with E-state index >= 15 is 0 Å². The maximum atomic E-state index is 12.6. The van der Waals surface area contributed by atoms with Crippen LogP contribution in [0.3, 0.4) is 0 Å². The lowest BCUT2D eigenvalue weighted by Gasteiger charge is -2.16. The predicted octanol–water partition coefficient (Wildman–Crippen LogP) is 4.70. The normalized spacial score (nSPS) is 11.7. The Bertz CT molecular complexity index is 1060. The molecule has 0 bridgehead atoms. The van der Waals surface area contributed by atoms with Gasteiger partial charge in [-0.25, -0.2) is 4.79 Å². The zero-order valence-corrected chi connectivity index (χ0v) is 17.0. The summed E-state index contributed by atoms with van der Waals surface area (Å²) in [5.41, 5.74) is 0.997. The standard InChI is InChI=1S/C23H21NO4S/c1-15(25)14-29-21-13-6-5-11-19(21)23(27)28-16(2)22(26)24-20-12-7-9-17-8-3-4-10-18(17)20/h3-13,16H,14H2,1-2H3,(H,24,26)/t16-/m0/s1. The summed E-state index contributed by atoms with van der Waals surface area (Å²) >= 11 is 1.27. The van der Waals surface area contributed by atoms with Crippen molar-refractivity contribution in [2.75, 3.05) is 11.1 Å². The second kappa shape index (κ2) is 9.39. The van der Waals surface area contributed by atoms with E-state index in [9.17, 15) is 14.4 Å². The molecule has 0 unspecified atom stereocenters. The Morgan fingerprint density at radius 1 is 0.966 bits per heavy atom. The fourth-order valence-electron chi connectivity index (χ4n) is 2.79. The zero-order valence-electron chi connectivity index (χ0n) is 16.2. The van der Waals surface area contributed by atoms with Crippen molar-refractivity contribution in [1.29, 1.82) is 0 Å². The van der Waals surface area contributed by atoms with Gasteiger partial charge in [-0.3, -0.25) is 9.59 Å². The second-order valence-corrected chi connectivity index (χ2v) is 7.57. The van der Waals surface area contributed by atoms with Crippen molar-refractivity contribution >= 4 is 45.9 Å². The topological polar surface area (TPSA) is 72.5 Å². The van der Waals surface area contributed by atoms with Crippen molar-refractivity contribution in [3.63, 3.8) is 0 Å². The van der Waals surface area contributed by atoms with Gasteiger partial charge in [0.2, 0.25) is 0 Å². The first-order valence-electron chi connectivity index (χ1n) is 9.16. The van der Waals surface area contributed by atoms with Gasteiger partial charge in [0.15, 0.2) is 6.10 Å². The first-order valence-corrected chi connectivity index (χ1v) is 10.1. The van der Waals surface area contributed by atoms with Crippen molar-refractivity contribution in [2.24, 2.45) is 0 Å². The third-order valence-corrected chi connectivity index (χ3v) is 5.46. The Hall–Kier alpha value is -3.12. The molecule has 0 saturated heterocycles. The van der Waals surface area contributed by atoms with E-state index in [-0.39, 0.29) is 11.5 Å². The first kappa shape index (κ1) is 20.6. The molecule has 1 atom stereocenters. The number of ketones is 1. The van der Waals surface area contributed by atoms with Gasteiger partial charge >= 0.3 is 5.97 Å². The van der Waals surface area contributed by atoms with Crippen LogP contribution in [0.1, 0.15) is 24.2 Å². The summed E-state index contributed by atoms with van der Waals surface area (Å²) in [5, 5.41) is 4.75. The lowest BCUT2D eigenvalue weighted by Crippen LogP contribution is -2.30. The smallest absolute Gasteiger partial charge is 0.340 e. The second-order valence-electron chi connectivity index (χ2n) is 6.55. The van der Waals surface area contributed by atoms with Crippen LogP contribution in [0.5, 0.6) is 0 Å². The van der Waals surface area contributed by atoms with Crippen LogP contribution >= 0.6 is 11.8 Å². The minimum Gasteiger partial charge on any atom is -0.449 e.